The SMILES string of the molecule is NC(=O)CC[C@H](NC(=O)OCc1ccccc1)C(=O)NCc1ccc2c(c1)OCO2. The van der Waals surface area contributed by atoms with Gasteiger partial charge in [0.05, 0.1) is 0 Å². The molecule has 0 saturated carbocycles. The second-order valence-electron chi connectivity index (χ2n) is 6.67. The molecule has 2 aromatic rings. The summed E-state index contributed by atoms with van der Waals surface area (Å²) in [7, 11) is 0. The summed E-state index contributed by atoms with van der Waals surface area (Å²) in [5, 5.41) is 5.23. The van der Waals surface area contributed by atoms with Crippen molar-refractivity contribution < 1.29 is 28.6 Å². The molecule has 4 N–H and O–H groups in total. The van der Waals surface area contributed by atoms with Gasteiger partial charge in [-0.1, -0.05) is 36.4 Å². The van der Waals surface area contributed by atoms with E-state index in [2.05, 4.69) is 10.6 Å². The first-order valence-electron chi connectivity index (χ1n) is 9.43. The molecule has 0 aromatic heterocycles. The van der Waals surface area contributed by atoms with E-state index >= 15 is 0 Å². The van der Waals surface area contributed by atoms with Gasteiger partial charge in [-0.05, 0) is 29.7 Å². The van der Waals surface area contributed by atoms with E-state index in [-0.39, 0.29) is 32.8 Å². The first-order valence-corrected chi connectivity index (χ1v) is 9.43. The van der Waals surface area contributed by atoms with Crippen LogP contribution in [0, 0.1) is 0 Å². The molecule has 3 amide bonds. The summed E-state index contributed by atoms with van der Waals surface area (Å²) >= 11 is 0. The van der Waals surface area contributed by atoms with E-state index in [1.165, 1.54) is 0 Å². The molecular weight excluding hydrogens is 390 g/mol. The van der Waals surface area contributed by atoms with Crippen molar-refractivity contribution in [2.75, 3.05) is 6.79 Å². The minimum Gasteiger partial charge on any atom is -0.454 e. The maximum Gasteiger partial charge on any atom is 0.408 e. The number of fused-ring (bicyclic) bond motifs is 1. The number of nitrogens with two attached hydrogens (primary N) is 1. The van der Waals surface area contributed by atoms with Crippen molar-refractivity contribution >= 4 is 17.9 Å². The van der Waals surface area contributed by atoms with Gasteiger partial charge in [0.2, 0.25) is 18.6 Å². The molecule has 0 bridgehead atoms. The van der Waals surface area contributed by atoms with Crippen molar-refractivity contribution in [1.82, 2.24) is 10.6 Å². The van der Waals surface area contributed by atoms with Crippen molar-refractivity contribution in [2.24, 2.45) is 5.73 Å². The Morgan fingerprint density at radius 2 is 1.80 bits per heavy atom. The predicted octanol–water partition coefficient (Wildman–Crippen LogP) is 1.59. The molecule has 0 fully saturated rings. The number of amides is 3. The predicted molar refractivity (Wildman–Crippen MR) is 106 cm³/mol. The van der Waals surface area contributed by atoms with E-state index in [0.717, 1.165) is 11.1 Å². The molecule has 9 nitrogen and oxygen atoms in total. The number of ether oxygens (including phenoxy) is 3. The Balaban J connectivity index is 1.54. The van der Waals surface area contributed by atoms with Gasteiger partial charge in [0.1, 0.15) is 12.6 Å². The third-order valence-corrected chi connectivity index (χ3v) is 4.40. The molecule has 0 aliphatic carbocycles. The van der Waals surface area contributed by atoms with Crippen LogP contribution in [0.3, 0.4) is 0 Å². The second-order valence-corrected chi connectivity index (χ2v) is 6.67. The summed E-state index contributed by atoms with van der Waals surface area (Å²) in [6, 6.07) is 13.5. The summed E-state index contributed by atoms with van der Waals surface area (Å²) in [4.78, 5) is 35.8. The summed E-state index contributed by atoms with van der Waals surface area (Å²) in [5.74, 6) is 0.232. The monoisotopic (exact) mass is 413 g/mol. The number of rotatable bonds is 9. The van der Waals surface area contributed by atoms with Crippen LogP contribution < -0.4 is 25.8 Å². The van der Waals surface area contributed by atoms with Crippen LogP contribution in [-0.4, -0.2) is 30.7 Å². The van der Waals surface area contributed by atoms with Crippen LogP contribution >= 0.6 is 0 Å². The normalized spacial score (nSPS) is 12.7. The largest absolute Gasteiger partial charge is 0.454 e. The first kappa shape index (κ1) is 21.0. The van der Waals surface area contributed by atoms with Gasteiger partial charge in [0.15, 0.2) is 11.5 Å². The fourth-order valence-electron chi connectivity index (χ4n) is 2.83. The highest BCUT2D eigenvalue weighted by Crippen LogP contribution is 2.32. The Morgan fingerprint density at radius 3 is 2.57 bits per heavy atom. The van der Waals surface area contributed by atoms with Gasteiger partial charge in [-0.2, -0.15) is 0 Å². The van der Waals surface area contributed by atoms with E-state index in [4.69, 9.17) is 19.9 Å². The molecule has 1 aliphatic heterocycles. The molecule has 1 atom stereocenters. The fraction of sp³-hybridized carbons (Fsp3) is 0.286. The number of benzene rings is 2. The zero-order valence-corrected chi connectivity index (χ0v) is 16.3. The molecule has 2 aromatic carbocycles. The van der Waals surface area contributed by atoms with Crippen molar-refractivity contribution in [3.8, 4) is 11.5 Å². The van der Waals surface area contributed by atoms with Gasteiger partial charge >= 0.3 is 6.09 Å². The van der Waals surface area contributed by atoms with E-state index in [0.29, 0.717) is 11.5 Å². The minimum absolute atomic E-state index is 0.0545. The lowest BCUT2D eigenvalue weighted by atomic mass is 10.1. The molecule has 1 aliphatic rings. The summed E-state index contributed by atoms with van der Waals surface area (Å²) in [6.45, 7) is 0.437. The molecule has 1 heterocycles. The molecule has 0 saturated heterocycles. The molecule has 30 heavy (non-hydrogen) atoms. The Labute approximate surface area is 173 Å². The zero-order chi connectivity index (χ0) is 21.3. The van der Waals surface area contributed by atoms with E-state index in [1.54, 1.807) is 18.2 Å². The van der Waals surface area contributed by atoms with Crippen LogP contribution in [0.15, 0.2) is 48.5 Å². The quantitative estimate of drug-likeness (QED) is 0.573. The fourth-order valence-corrected chi connectivity index (χ4v) is 2.83. The number of primary amides is 1. The number of alkyl carbamates (subject to hydrolysis) is 1. The highest BCUT2D eigenvalue weighted by Gasteiger charge is 2.22. The van der Waals surface area contributed by atoms with Crippen LogP contribution in [0.25, 0.3) is 0 Å². The molecule has 158 valence electrons. The standard InChI is InChI=1S/C21H23N3O6/c22-19(25)9-7-16(24-21(27)28-12-14-4-2-1-3-5-14)20(26)23-11-15-6-8-17-18(10-15)30-13-29-17/h1-6,8,10,16H,7,9,11-13H2,(H2,22,25)(H,23,26)(H,24,27)/t16-/m0/s1. The number of hydrogen-bond donors (Lipinski definition) is 3. The number of carbonyl (C=O) groups is 3. The zero-order valence-electron chi connectivity index (χ0n) is 16.3. The maximum absolute atomic E-state index is 12.6. The molecule has 3 rings (SSSR count). The maximum atomic E-state index is 12.6. The Kier molecular flexibility index (Phi) is 7.09. The Bertz CT molecular complexity index is 903. The van der Waals surface area contributed by atoms with Gasteiger partial charge in [-0.25, -0.2) is 4.79 Å². The smallest absolute Gasteiger partial charge is 0.408 e. The lowest BCUT2D eigenvalue weighted by molar-refractivity contribution is -0.123. The van der Waals surface area contributed by atoms with Crippen molar-refractivity contribution in [3.05, 3.63) is 59.7 Å². The molecule has 9 heteroatoms. The van der Waals surface area contributed by atoms with Crippen LogP contribution in [-0.2, 0) is 27.5 Å². The first-order chi connectivity index (χ1) is 14.5. The van der Waals surface area contributed by atoms with Gasteiger partial charge in [-0.15, -0.1) is 0 Å². The second kappa shape index (κ2) is 10.1. The van der Waals surface area contributed by atoms with E-state index in [9.17, 15) is 14.4 Å². The lowest BCUT2D eigenvalue weighted by Gasteiger charge is -2.18. The topological polar surface area (TPSA) is 129 Å². The third-order valence-electron chi connectivity index (χ3n) is 4.40. The number of hydrogen-bond acceptors (Lipinski definition) is 6. The van der Waals surface area contributed by atoms with Crippen LogP contribution in [0.5, 0.6) is 11.5 Å². The molecular formula is C21H23N3O6. The summed E-state index contributed by atoms with van der Waals surface area (Å²) in [5.41, 5.74) is 6.80. The van der Waals surface area contributed by atoms with E-state index in [1.807, 2.05) is 30.3 Å². The molecule has 0 unspecified atom stereocenters. The minimum atomic E-state index is -0.963. The van der Waals surface area contributed by atoms with Crippen molar-refractivity contribution in [1.29, 1.82) is 0 Å². The van der Waals surface area contributed by atoms with Gasteiger partial charge in [-0.3, -0.25) is 9.59 Å². The van der Waals surface area contributed by atoms with Gasteiger partial charge < -0.3 is 30.6 Å². The van der Waals surface area contributed by atoms with Crippen molar-refractivity contribution in [3.63, 3.8) is 0 Å². The average molecular weight is 413 g/mol. The van der Waals surface area contributed by atoms with Gasteiger partial charge in [0, 0.05) is 13.0 Å². The number of carbonyl (C=O) groups excluding carboxylic acids is 3. The highest BCUT2D eigenvalue weighted by atomic mass is 16.7. The van der Waals surface area contributed by atoms with Crippen LogP contribution in [0.4, 0.5) is 4.79 Å². The highest BCUT2D eigenvalue weighted by molar-refractivity contribution is 5.86. The van der Waals surface area contributed by atoms with Crippen LogP contribution in [0.2, 0.25) is 0 Å². The Hall–Kier alpha value is -3.75. The third kappa shape index (κ3) is 6.13. The Morgan fingerprint density at radius 1 is 1.03 bits per heavy atom. The molecule has 0 radical (unpaired) electrons. The van der Waals surface area contributed by atoms with E-state index < -0.39 is 23.9 Å². The molecule has 0 spiro atoms. The van der Waals surface area contributed by atoms with Crippen LogP contribution in [0.1, 0.15) is 24.0 Å². The van der Waals surface area contributed by atoms with Gasteiger partial charge in [0.25, 0.3) is 0 Å². The average Bonchev–Trinajstić information content (AvgIpc) is 3.22. The number of nitrogens with one attached hydrogen (secondary N) is 2. The summed E-state index contributed by atoms with van der Waals surface area (Å²) < 4.78 is 15.7. The van der Waals surface area contributed by atoms with Crippen molar-refractivity contribution in [2.45, 2.75) is 32.0 Å². The lowest BCUT2D eigenvalue weighted by Crippen LogP contribution is -2.47. The summed E-state index contributed by atoms with van der Waals surface area (Å²) in [6.07, 6.45) is -0.754.